The number of nitrogens with zero attached hydrogens (tertiary/aromatic N) is 4. The van der Waals surface area contributed by atoms with Crippen LogP contribution in [-0.4, -0.2) is 25.8 Å². The second kappa shape index (κ2) is 6.98. The summed E-state index contributed by atoms with van der Waals surface area (Å²) in [6.45, 7) is 10.8. The van der Waals surface area contributed by atoms with Gasteiger partial charge in [-0.1, -0.05) is 32.9 Å². The number of carbonyl (C=O) groups excluding carboxylic acids is 1. The van der Waals surface area contributed by atoms with Crippen molar-refractivity contribution >= 4 is 5.91 Å². The van der Waals surface area contributed by atoms with Gasteiger partial charge in [-0.05, 0) is 37.7 Å². The zero-order valence-electron chi connectivity index (χ0n) is 15.6. The van der Waals surface area contributed by atoms with Crippen LogP contribution in [0, 0.1) is 5.92 Å². The highest BCUT2D eigenvalue weighted by molar-refractivity contribution is 5.93. The van der Waals surface area contributed by atoms with Crippen molar-refractivity contribution in [2.24, 2.45) is 5.92 Å². The van der Waals surface area contributed by atoms with Crippen LogP contribution in [0.15, 0.2) is 10.6 Å². The van der Waals surface area contributed by atoms with Crippen LogP contribution in [0.1, 0.15) is 93.2 Å². The molecule has 1 saturated carbocycles. The molecular weight excluding hydrogens is 318 g/mol. The van der Waals surface area contributed by atoms with Crippen LogP contribution in [0.25, 0.3) is 0 Å². The summed E-state index contributed by atoms with van der Waals surface area (Å²) >= 11 is 0. The molecule has 1 aliphatic carbocycles. The van der Waals surface area contributed by atoms with Crippen LogP contribution in [0.4, 0.5) is 0 Å². The third kappa shape index (κ3) is 3.75. The molecule has 7 nitrogen and oxygen atoms in total. The molecule has 0 aromatic carbocycles. The first-order chi connectivity index (χ1) is 11.9. The lowest BCUT2D eigenvalue weighted by atomic mass is 10.0. The Morgan fingerprint density at radius 3 is 2.64 bits per heavy atom. The number of hydrogen-bond acceptors (Lipinski definition) is 5. The highest BCUT2D eigenvalue weighted by Gasteiger charge is 2.32. The summed E-state index contributed by atoms with van der Waals surface area (Å²) in [5.41, 5.74) is 1.49. The van der Waals surface area contributed by atoms with Crippen molar-refractivity contribution in [3.63, 3.8) is 0 Å². The summed E-state index contributed by atoms with van der Waals surface area (Å²) in [7, 11) is 0. The van der Waals surface area contributed by atoms with Gasteiger partial charge in [0.25, 0.3) is 5.91 Å². The van der Waals surface area contributed by atoms with Gasteiger partial charge in [0.05, 0.1) is 5.69 Å². The molecule has 1 unspecified atom stereocenters. The Balaban J connectivity index is 1.80. The molecule has 0 spiro atoms. The Kier molecular flexibility index (Phi) is 4.92. The molecule has 2 aromatic rings. The summed E-state index contributed by atoms with van der Waals surface area (Å²) in [4.78, 5) is 17.3. The molecule has 1 N–H and O–H groups in total. The lowest BCUT2D eigenvalue weighted by molar-refractivity contribution is 0.0903. The Bertz CT molecular complexity index is 742. The first-order valence-electron chi connectivity index (χ1n) is 9.12. The third-order valence-corrected chi connectivity index (χ3v) is 4.54. The molecule has 7 heteroatoms. The Labute approximate surface area is 148 Å². The van der Waals surface area contributed by atoms with E-state index in [2.05, 4.69) is 34.4 Å². The fraction of sp³-hybridized carbons (Fsp3) is 0.667. The predicted molar refractivity (Wildman–Crippen MR) is 93.3 cm³/mol. The maximum absolute atomic E-state index is 12.8. The second-order valence-corrected chi connectivity index (χ2v) is 7.39. The van der Waals surface area contributed by atoms with E-state index >= 15 is 0 Å². The first kappa shape index (κ1) is 17.6. The van der Waals surface area contributed by atoms with Crippen molar-refractivity contribution in [3.05, 3.63) is 29.2 Å². The fourth-order valence-electron chi connectivity index (χ4n) is 2.75. The van der Waals surface area contributed by atoms with Gasteiger partial charge < -0.3 is 9.84 Å². The normalized spacial score (nSPS) is 15.8. The monoisotopic (exact) mass is 345 g/mol. The number of aromatic nitrogens is 4. The van der Waals surface area contributed by atoms with Crippen molar-refractivity contribution in [1.82, 2.24) is 25.2 Å². The SMILES string of the molecule is CCn1nc(C(C)C)cc1C(=O)NC(c1nc(C2CC2)no1)C(C)C. The van der Waals surface area contributed by atoms with Gasteiger partial charge in [-0.2, -0.15) is 10.1 Å². The number of amides is 1. The zero-order chi connectivity index (χ0) is 18.1. The van der Waals surface area contributed by atoms with Crippen LogP contribution in [-0.2, 0) is 6.54 Å². The summed E-state index contributed by atoms with van der Waals surface area (Å²) in [6, 6.07) is 1.56. The van der Waals surface area contributed by atoms with Crippen molar-refractivity contribution in [1.29, 1.82) is 0 Å². The number of rotatable bonds is 7. The third-order valence-electron chi connectivity index (χ3n) is 4.54. The maximum atomic E-state index is 12.8. The molecule has 0 aliphatic heterocycles. The molecule has 1 atom stereocenters. The molecular formula is C18H27N5O2. The lowest BCUT2D eigenvalue weighted by Crippen LogP contribution is -2.33. The minimum Gasteiger partial charge on any atom is -0.339 e. The Morgan fingerprint density at radius 1 is 1.36 bits per heavy atom. The summed E-state index contributed by atoms with van der Waals surface area (Å²) in [6.07, 6.45) is 2.23. The quantitative estimate of drug-likeness (QED) is 0.831. The lowest BCUT2D eigenvalue weighted by Gasteiger charge is -2.18. The van der Waals surface area contributed by atoms with Crippen LogP contribution in [0.3, 0.4) is 0 Å². The molecule has 0 saturated heterocycles. The van der Waals surface area contributed by atoms with Crippen LogP contribution < -0.4 is 5.32 Å². The van der Waals surface area contributed by atoms with E-state index < -0.39 is 0 Å². The van der Waals surface area contributed by atoms with E-state index in [1.165, 1.54) is 0 Å². The molecule has 1 amide bonds. The molecule has 3 rings (SSSR count). The Hall–Kier alpha value is -2.18. The van der Waals surface area contributed by atoms with Gasteiger partial charge >= 0.3 is 0 Å². The Morgan fingerprint density at radius 2 is 2.08 bits per heavy atom. The number of carbonyl (C=O) groups is 1. The van der Waals surface area contributed by atoms with Gasteiger partial charge in [-0.25, -0.2) is 0 Å². The van der Waals surface area contributed by atoms with Gasteiger partial charge in [0.1, 0.15) is 11.7 Å². The van der Waals surface area contributed by atoms with Gasteiger partial charge in [-0.15, -0.1) is 0 Å². The maximum Gasteiger partial charge on any atom is 0.270 e. The van der Waals surface area contributed by atoms with E-state index in [4.69, 9.17) is 4.52 Å². The van der Waals surface area contributed by atoms with E-state index in [9.17, 15) is 4.79 Å². The van der Waals surface area contributed by atoms with Crippen molar-refractivity contribution < 1.29 is 9.32 Å². The average Bonchev–Trinajstić information content (AvgIpc) is 3.14. The zero-order valence-corrected chi connectivity index (χ0v) is 15.6. The molecule has 25 heavy (non-hydrogen) atoms. The van der Waals surface area contributed by atoms with E-state index in [0.29, 0.717) is 24.0 Å². The summed E-state index contributed by atoms with van der Waals surface area (Å²) in [5.74, 6) is 1.92. The van der Waals surface area contributed by atoms with E-state index in [-0.39, 0.29) is 23.8 Å². The number of nitrogens with one attached hydrogen (secondary N) is 1. The molecule has 2 heterocycles. The highest BCUT2D eigenvalue weighted by atomic mass is 16.5. The smallest absolute Gasteiger partial charge is 0.270 e. The minimum atomic E-state index is -0.310. The largest absolute Gasteiger partial charge is 0.339 e. The van der Waals surface area contributed by atoms with Crippen LogP contribution in [0.5, 0.6) is 0 Å². The van der Waals surface area contributed by atoms with Crippen molar-refractivity contribution in [2.45, 2.75) is 71.9 Å². The second-order valence-electron chi connectivity index (χ2n) is 7.39. The van der Waals surface area contributed by atoms with Gasteiger partial charge in [0, 0.05) is 12.5 Å². The topological polar surface area (TPSA) is 85.8 Å². The molecule has 0 bridgehead atoms. The van der Waals surface area contributed by atoms with Crippen LogP contribution in [0.2, 0.25) is 0 Å². The van der Waals surface area contributed by atoms with Crippen molar-refractivity contribution in [3.8, 4) is 0 Å². The number of aryl methyl sites for hydroxylation is 1. The van der Waals surface area contributed by atoms with E-state index in [0.717, 1.165) is 24.4 Å². The fourth-order valence-corrected chi connectivity index (χ4v) is 2.75. The van der Waals surface area contributed by atoms with Crippen LogP contribution >= 0.6 is 0 Å². The summed E-state index contributed by atoms with van der Waals surface area (Å²) in [5, 5.41) is 11.6. The first-order valence-corrected chi connectivity index (χ1v) is 9.12. The minimum absolute atomic E-state index is 0.138. The molecule has 1 fully saturated rings. The summed E-state index contributed by atoms with van der Waals surface area (Å²) < 4.78 is 7.17. The van der Waals surface area contributed by atoms with Crippen molar-refractivity contribution in [2.75, 3.05) is 0 Å². The predicted octanol–water partition coefficient (Wildman–Crippen LogP) is 3.41. The number of hydrogen-bond donors (Lipinski definition) is 1. The standard InChI is InChI=1S/C18H27N5O2/c1-6-23-14(9-13(21-23)10(2)3)17(24)19-15(11(4)5)18-20-16(22-25-18)12-7-8-12/h9-12,15H,6-8H2,1-5H3,(H,19,24). The highest BCUT2D eigenvalue weighted by Crippen LogP contribution is 2.38. The molecule has 0 radical (unpaired) electrons. The average molecular weight is 345 g/mol. The van der Waals surface area contributed by atoms with E-state index in [1.54, 1.807) is 4.68 Å². The van der Waals surface area contributed by atoms with Gasteiger partial charge in [-0.3, -0.25) is 9.48 Å². The molecule has 136 valence electrons. The van der Waals surface area contributed by atoms with Gasteiger partial charge in [0.2, 0.25) is 5.89 Å². The molecule has 2 aromatic heterocycles. The van der Waals surface area contributed by atoms with E-state index in [1.807, 2.05) is 26.8 Å². The van der Waals surface area contributed by atoms with Gasteiger partial charge in [0.15, 0.2) is 5.82 Å². The molecule has 1 aliphatic rings.